The number of alkyl halides is 1. The van der Waals surface area contributed by atoms with Crippen LogP contribution in [0.15, 0.2) is 30.5 Å². The quantitative estimate of drug-likeness (QED) is 0.183. The molecule has 1 aromatic carbocycles. The van der Waals surface area contributed by atoms with E-state index in [1.54, 1.807) is 25.1 Å². The van der Waals surface area contributed by atoms with E-state index in [1.165, 1.54) is 12.3 Å². The fraction of sp³-hybridized carbons (Fsp3) is 0.421. The van der Waals surface area contributed by atoms with Crippen molar-refractivity contribution in [2.45, 2.75) is 37.6 Å². The molecule has 0 radical (unpaired) electrons. The summed E-state index contributed by atoms with van der Waals surface area (Å²) in [6.07, 6.45) is -5.69. The fourth-order valence-electron chi connectivity index (χ4n) is 3.81. The zero-order chi connectivity index (χ0) is 27.1. The lowest BCUT2D eigenvalue weighted by atomic mass is 10.1. The van der Waals surface area contributed by atoms with Gasteiger partial charge in [-0.15, -0.1) is 0 Å². The lowest BCUT2D eigenvalue weighted by Gasteiger charge is -2.18. The van der Waals surface area contributed by atoms with Gasteiger partial charge in [-0.1, -0.05) is 18.2 Å². The van der Waals surface area contributed by atoms with Crippen LogP contribution >= 0.6 is 26.8 Å². The van der Waals surface area contributed by atoms with Gasteiger partial charge in [0.25, 0.3) is 0 Å². The smallest absolute Gasteiger partial charge is 0.340 e. The van der Waals surface area contributed by atoms with Gasteiger partial charge in [-0.2, -0.15) is 15.1 Å². The van der Waals surface area contributed by atoms with Gasteiger partial charge in [0.15, 0.2) is 23.9 Å². The van der Waals surface area contributed by atoms with Gasteiger partial charge in [-0.3, -0.25) is 9.13 Å². The normalized spacial score (nSPS) is 24.8. The van der Waals surface area contributed by atoms with Crippen molar-refractivity contribution in [2.75, 3.05) is 17.8 Å². The molecule has 1 fully saturated rings. The Labute approximate surface area is 213 Å². The highest BCUT2D eigenvalue weighted by Crippen LogP contribution is 2.55. The zero-order valence-corrected chi connectivity index (χ0v) is 21.5. The van der Waals surface area contributed by atoms with Crippen molar-refractivity contribution < 1.29 is 47.0 Å². The van der Waals surface area contributed by atoms with Gasteiger partial charge in [-0.05, 0) is 24.6 Å². The average Bonchev–Trinajstić information content (AvgIpc) is 3.32. The molecule has 1 unspecified atom stereocenters. The molecule has 0 amide bonds. The summed E-state index contributed by atoms with van der Waals surface area (Å²) in [6.45, 7) is 0.851. The molecule has 3 aromatic rings. The molecular weight excluding hydrogens is 562 g/mol. The maximum Gasteiger partial charge on any atom is 0.340 e. The van der Waals surface area contributed by atoms with Crippen LogP contribution in [0, 0.1) is 5.82 Å². The standard InChI is InChI=1S/C19H22ClF2N5O8P2/c1-9(10-4-2-3-5-12(10)21)24-16-11-6-23-27(17(11)26-19(20)25-16)18-14(22)15(28)13(35-18)7-34-37(32,33)8-36(29,30)31/h2-6,9,13-15,18,28H,7-8H2,1H3,(H,32,33)(H,24,25,26)(H2,29,30,31)/t9-,13-,14+,15-,18-/m1/s1. The predicted molar refractivity (Wildman–Crippen MR) is 126 cm³/mol. The van der Waals surface area contributed by atoms with Crippen molar-refractivity contribution in [3.8, 4) is 0 Å². The molecule has 3 heterocycles. The van der Waals surface area contributed by atoms with E-state index >= 15 is 4.39 Å². The van der Waals surface area contributed by atoms with Gasteiger partial charge in [0, 0.05) is 5.56 Å². The summed E-state index contributed by atoms with van der Waals surface area (Å²) in [5.41, 5.74) is 0.366. The van der Waals surface area contributed by atoms with Crippen molar-refractivity contribution >= 4 is 43.6 Å². The Morgan fingerprint density at radius 3 is 2.65 bits per heavy atom. The topological polar surface area (TPSA) is 189 Å². The summed E-state index contributed by atoms with van der Waals surface area (Å²) in [6, 6.07) is 5.56. The maximum atomic E-state index is 15.0. The van der Waals surface area contributed by atoms with Crippen LogP contribution in [-0.2, 0) is 18.4 Å². The number of anilines is 1. The molecule has 0 spiro atoms. The molecule has 202 valence electrons. The van der Waals surface area contributed by atoms with Gasteiger partial charge in [0.05, 0.1) is 24.2 Å². The van der Waals surface area contributed by atoms with E-state index < -0.39 is 64.2 Å². The van der Waals surface area contributed by atoms with Crippen LogP contribution in [0.5, 0.6) is 0 Å². The number of nitrogens with one attached hydrogen (secondary N) is 1. The minimum atomic E-state index is -4.88. The van der Waals surface area contributed by atoms with E-state index in [0.29, 0.717) is 5.56 Å². The predicted octanol–water partition coefficient (Wildman–Crippen LogP) is 2.73. The number of ether oxygens (including phenoxy) is 1. The fourth-order valence-corrected chi connectivity index (χ4v) is 6.54. The van der Waals surface area contributed by atoms with E-state index in [-0.39, 0.29) is 22.1 Å². The van der Waals surface area contributed by atoms with E-state index in [4.69, 9.17) is 26.1 Å². The third kappa shape index (κ3) is 6.33. The monoisotopic (exact) mass is 583 g/mol. The number of halogens is 3. The van der Waals surface area contributed by atoms with Crippen LogP contribution in [0.4, 0.5) is 14.6 Å². The molecular formula is C19H22ClF2N5O8P2. The lowest BCUT2D eigenvalue weighted by Crippen LogP contribution is -2.31. The van der Waals surface area contributed by atoms with Crippen LogP contribution in [0.3, 0.4) is 0 Å². The minimum Gasteiger partial charge on any atom is -0.387 e. The number of benzene rings is 1. The van der Waals surface area contributed by atoms with Crippen LogP contribution < -0.4 is 5.32 Å². The largest absolute Gasteiger partial charge is 0.387 e. The molecule has 6 atom stereocenters. The van der Waals surface area contributed by atoms with Crippen molar-refractivity contribution in [2.24, 2.45) is 0 Å². The minimum absolute atomic E-state index is 0.0129. The van der Waals surface area contributed by atoms with Crippen molar-refractivity contribution in [1.82, 2.24) is 19.7 Å². The van der Waals surface area contributed by atoms with E-state index in [0.717, 1.165) is 4.68 Å². The Morgan fingerprint density at radius 1 is 1.27 bits per heavy atom. The molecule has 1 aliphatic rings. The number of fused-ring (bicyclic) bond motifs is 1. The number of aromatic nitrogens is 4. The number of rotatable bonds is 9. The molecule has 1 aliphatic heterocycles. The summed E-state index contributed by atoms with van der Waals surface area (Å²) >= 11 is 6.06. The van der Waals surface area contributed by atoms with Gasteiger partial charge in [0.2, 0.25) is 5.28 Å². The third-order valence-corrected chi connectivity index (χ3v) is 9.11. The Bertz CT molecular complexity index is 1390. The zero-order valence-electron chi connectivity index (χ0n) is 18.9. The van der Waals surface area contributed by atoms with Crippen LogP contribution in [-0.4, -0.2) is 70.4 Å². The Morgan fingerprint density at radius 2 is 1.97 bits per heavy atom. The molecule has 5 N–H and O–H groups in total. The molecule has 13 nitrogen and oxygen atoms in total. The highest BCUT2D eigenvalue weighted by molar-refractivity contribution is 7.70. The summed E-state index contributed by atoms with van der Waals surface area (Å²) in [5, 5.41) is 17.4. The van der Waals surface area contributed by atoms with E-state index in [2.05, 4.69) is 24.9 Å². The first kappa shape index (κ1) is 28.0. The van der Waals surface area contributed by atoms with Gasteiger partial charge < -0.3 is 34.4 Å². The van der Waals surface area contributed by atoms with Crippen molar-refractivity contribution in [3.05, 3.63) is 47.1 Å². The number of hydrogen-bond donors (Lipinski definition) is 5. The number of nitrogens with zero attached hydrogens (tertiary/aromatic N) is 4. The number of aliphatic hydroxyl groups is 1. The summed E-state index contributed by atoms with van der Waals surface area (Å²) in [5.74, 6) is -1.72. The Balaban J connectivity index is 1.56. The first-order valence-electron chi connectivity index (χ1n) is 10.7. The van der Waals surface area contributed by atoms with Gasteiger partial charge >= 0.3 is 15.2 Å². The van der Waals surface area contributed by atoms with Crippen LogP contribution in [0.1, 0.15) is 24.8 Å². The molecule has 37 heavy (non-hydrogen) atoms. The van der Waals surface area contributed by atoms with Crippen LogP contribution in [0.2, 0.25) is 5.28 Å². The second-order valence-electron chi connectivity index (χ2n) is 8.29. The molecule has 0 saturated carbocycles. The summed E-state index contributed by atoms with van der Waals surface area (Å²) in [7, 11) is -9.64. The highest BCUT2D eigenvalue weighted by Gasteiger charge is 2.47. The SMILES string of the molecule is C[C@@H](Nc1nc(Cl)nc2c1cnn2[C@@H]1O[C@H](COP(=O)(O)CP(=O)(O)O)[C@@H](O)[C@@H]1F)c1ccccc1F. The third-order valence-electron chi connectivity index (χ3n) is 5.49. The average molecular weight is 584 g/mol. The number of aliphatic hydroxyl groups excluding tert-OH is 1. The molecule has 0 aliphatic carbocycles. The van der Waals surface area contributed by atoms with E-state index in [1.807, 2.05) is 0 Å². The molecule has 4 rings (SSSR count). The van der Waals surface area contributed by atoms with Gasteiger partial charge in [0.1, 0.15) is 23.8 Å². The lowest BCUT2D eigenvalue weighted by molar-refractivity contribution is -0.0472. The molecule has 0 bridgehead atoms. The first-order valence-corrected chi connectivity index (χ1v) is 14.6. The summed E-state index contributed by atoms with van der Waals surface area (Å²) in [4.78, 5) is 35.6. The maximum absolute atomic E-state index is 15.0. The van der Waals surface area contributed by atoms with Crippen molar-refractivity contribution in [1.29, 1.82) is 0 Å². The van der Waals surface area contributed by atoms with E-state index in [9.17, 15) is 23.5 Å². The second-order valence-corrected chi connectivity index (χ2v) is 12.6. The Kier molecular flexibility index (Phi) is 8.01. The van der Waals surface area contributed by atoms with Crippen LogP contribution in [0.25, 0.3) is 11.0 Å². The highest BCUT2D eigenvalue weighted by atomic mass is 35.5. The molecule has 18 heteroatoms. The number of hydrogen-bond acceptors (Lipinski definition) is 9. The summed E-state index contributed by atoms with van der Waals surface area (Å²) < 4.78 is 63.2. The molecule has 2 aromatic heterocycles. The Hall–Kier alpha value is -2.06. The second kappa shape index (κ2) is 10.6. The van der Waals surface area contributed by atoms with Crippen molar-refractivity contribution in [3.63, 3.8) is 0 Å². The molecule has 1 saturated heterocycles. The van der Waals surface area contributed by atoms with Gasteiger partial charge in [-0.25, -0.2) is 13.5 Å². The first-order chi connectivity index (χ1) is 17.3.